The van der Waals surface area contributed by atoms with Crippen LogP contribution in [0.25, 0.3) is 0 Å². The molecule has 0 unspecified atom stereocenters. The fourth-order valence-corrected chi connectivity index (χ4v) is 2.16. The first-order valence-electron chi connectivity index (χ1n) is 3.30. The van der Waals surface area contributed by atoms with Crippen molar-refractivity contribution < 1.29 is 12.0 Å². The van der Waals surface area contributed by atoms with Crippen molar-refractivity contribution in [3.63, 3.8) is 0 Å². The Labute approximate surface area is 89.9 Å². The van der Waals surface area contributed by atoms with E-state index in [1.807, 2.05) is 12.1 Å². The summed E-state index contributed by atoms with van der Waals surface area (Å²) in [7, 11) is -3.40. The maximum atomic E-state index is 10.7. The summed E-state index contributed by atoms with van der Waals surface area (Å²) in [5.74, 6) is 0. The van der Waals surface area contributed by atoms with Crippen molar-refractivity contribution in [2.24, 2.45) is 0 Å². The van der Waals surface area contributed by atoms with E-state index in [1.54, 1.807) is 12.1 Å². The summed E-state index contributed by atoms with van der Waals surface area (Å²) in [6, 6.07) is 7.22. The highest BCUT2D eigenvalue weighted by molar-refractivity contribution is 9.10. The van der Waals surface area contributed by atoms with Crippen LogP contribution < -0.4 is 0 Å². The van der Waals surface area contributed by atoms with Gasteiger partial charge in [0.25, 0.3) is 10.1 Å². The highest BCUT2D eigenvalue weighted by Crippen LogP contribution is 2.28. The van der Waals surface area contributed by atoms with Crippen LogP contribution in [0.3, 0.4) is 0 Å². The second-order valence-electron chi connectivity index (χ2n) is 2.29. The van der Waals surface area contributed by atoms with Gasteiger partial charge in [-0.2, -0.15) is 12.0 Å². The van der Waals surface area contributed by atoms with E-state index in [9.17, 15) is 8.42 Å². The van der Waals surface area contributed by atoms with Gasteiger partial charge in [0.05, 0.1) is 23.2 Å². The molecule has 0 atom stereocenters. The highest BCUT2D eigenvalue weighted by Gasteiger charge is 2.06. The van der Waals surface area contributed by atoms with Crippen LogP contribution in [0.4, 0.5) is 0 Å². The van der Waals surface area contributed by atoms with Crippen LogP contribution in [0.2, 0.25) is 0 Å². The van der Waals surface area contributed by atoms with Crippen molar-refractivity contribution in [1.29, 1.82) is 0 Å². The third-order valence-electron chi connectivity index (χ3n) is 1.08. The maximum absolute atomic E-state index is 10.7. The normalized spacial score (nSPS) is 11.5. The Morgan fingerprint density at radius 3 is 2.54 bits per heavy atom. The van der Waals surface area contributed by atoms with E-state index in [0.717, 1.165) is 27.7 Å². The molecule has 0 aliphatic heterocycles. The fourth-order valence-electron chi connectivity index (χ4n) is 0.611. The Morgan fingerprint density at radius 1 is 1.38 bits per heavy atom. The topological polar surface area (TPSA) is 43.4 Å². The molecule has 0 radical (unpaired) electrons. The molecule has 0 aromatic heterocycles. The van der Waals surface area contributed by atoms with E-state index >= 15 is 0 Å². The Bertz CT molecular complexity index is 388. The molecule has 0 amide bonds. The van der Waals surface area contributed by atoms with Crippen molar-refractivity contribution in [1.82, 2.24) is 0 Å². The summed E-state index contributed by atoms with van der Waals surface area (Å²) < 4.78 is 26.7. The molecule has 6 heteroatoms. The molecule has 1 aromatic rings. The first kappa shape index (κ1) is 11.0. The van der Waals surface area contributed by atoms with Gasteiger partial charge in [0.15, 0.2) is 0 Å². The third kappa shape index (κ3) is 4.12. The van der Waals surface area contributed by atoms with E-state index in [2.05, 4.69) is 19.6 Å². The van der Waals surface area contributed by atoms with Crippen LogP contribution in [0.5, 0.6) is 0 Å². The lowest BCUT2D eigenvalue weighted by Gasteiger charge is -2.01. The summed E-state index contributed by atoms with van der Waals surface area (Å²) in [5.41, 5.74) is 0. The number of rotatable bonds is 3. The Balaban J connectivity index is 2.71. The van der Waals surface area contributed by atoms with Gasteiger partial charge in [-0.15, -0.1) is 0 Å². The van der Waals surface area contributed by atoms with Gasteiger partial charge in [-0.3, -0.25) is 0 Å². The van der Waals surface area contributed by atoms with E-state index in [4.69, 9.17) is 0 Å². The Hall–Kier alpha value is -0.0400. The molecular weight excluding hydrogens is 276 g/mol. The van der Waals surface area contributed by atoms with Crippen molar-refractivity contribution in [3.05, 3.63) is 28.7 Å². The Morgan fingerprint density at radius 2 is 2.00 bits per heavy atom. The summed E-state index contributed by atoms with van der Waals surface area (Å²) in [5, 5.41) is 0. The number of hydrogen-bond acceptors (Lipinski definition) is 4. The third-order valence-corrected chi connectivity index (χ3v) is 3.83. The van der Waals surface area contributed by atoms with Gasteiger partial charge in [-0.1, -0.05) is 12.1 Å². The van der Waals surface area contributed by atoms with Gasteiger partial charge < -0.3 is 0 Å². The highest BCUT2D eigenvalue weighted by atomic mass is 79.9. The maximum Gasteiger partial charge on any atom is 0.275 e. The van der Waals surface area contributed by atoms with E-state index in [-0.39, 0.29) is 0 Å². The monoisotopic (exact) mass is 282 g/mol. The summed E-state index contributed by atoms with van der Waals surface area (Å²) >= 11 is 4.09. The van der Waals surface area contributed by atoms with Crippen LogP contribution in [0, 0.1) is 0 Å². The van der Waals surface area contributed by atoms with Crippen molar-refractivity contribution in [2.45, 2.75) is 4.90 Å². The van der Waals surface area contributed by atoms with Crippen LogP contribution >= 0.6 is 28.0 Å². The summed E-state index contributed by atoms with van der Waals surface area (Å²) in [6.45, 7) is 0. The number of hydrogen-bond donors (Lipinski definition) is 0. The number of halogens is 1. The molecule has 0 spiro atoms. The van der Waals surface area contributed by atoms with Crippen LogP contribution in [0.15, 0.2) is 33.6 Å². The predicted molar refractivity (Wildman–Crippen MR) is 55.9 cm³/mol. The van der Waals surface area contributed by atoms with Gasteiger partial charge in [0, 0.05) is 4.47 Å². The van der Waals surface area contributed by atoms with Crippen LogP contribution in [-0.4, -0.2) is 14.7 Å². The van der Waals surface area contributed by atoms with Gasteiger partial charge in [0.1, 0.15) is 0 Å². The van der Waals surface area contributed by atoms with E-state index < -0.39 is 10.1 Å². The lowest BCUT2D eigenvalue weighted by Crippen LogP contribution is -1.95. The quantitative estimate of drug-likeness (QED) is 0.799. The molecule has 72 valence electrons. The predicted octanol–water partition coefficient (Wildman–Crippen LogP) is 2.43. The van der Waals surface area contributed by atoms with Gasteiger partial charge in [-0.05, 0) is 28.1 Å². The lowest BCUT2D eigenvalue weighted by atomic mass is 10.4. The first-order valence-corrected chi connectivity index (χ1v) is 6.65. The molecule has 0 N–H and O–H groups in total. The molecule has 0 saturated heterocycles. The molecule has 1 rings (SSSR count). The minimum Gasteiger partial charge on any atom is -0.199 e. The average Bonchev–Trinajstić information content (AvgIpc) is 2.01. The van der Waals surface area contributed by atoms with Gasteiger partial charge in [-0.25, -0.2) is 0 Å². The molecule has 1 aromatic carbocycles. The molecule has 0 fully saturated rings. The zero-order valence-electron chi connectivity index (χ0n) is 6.73. The van der Waals surface area contributed by atoms with Crippen molar-refractivity contribution in [3.8, 4) is 0 Å². The molecular formula is C7H7BrO3S2. The molecule has 3 nitrogen and oxygen atoms in total. The summed E-state index contributed by atoms with van der Waals surface area (Å²) in [4.78, 5) is 0.730. The second-order valence-corrected chi connectivity index (χ2v) is 5.70. The SMILES string of the molecule is CS(=O)(=O)OSc1ccccc1Br. The second kappa shape index (κ2) is 4.45. The minimum atomic E-state index is -3.40. The van der Waals surface area contributed by atoms with Crippen molar-refractivity contribution >= 4 is 38.1 Å². The molecule has 0 saturated carbocycles. The molecule has 0 heterocycles. The standard InChI is InChI=1S/C7H7BrO3S2/c1-13(9,10)11-12-7-5-3-2-4-6(7)8/h2-5H,1H3. The molecule has 0 aliphatic carbocycles. The fraction of sp³-hybridized carbons (Fsp3) is 0.143. The first-order chi connectivity index (χ1) is 5.99. The van der Waals surface area contributed by atoms with Crippen molar-refractivity contribution in [2.75, 3.05) is 6.26 Å². The van der Waals surface area contributed by atoms with Gasteiger partial charge in [0.2, 0.25) is 0 Å². The minimum absolute atomic E-state index is 0.730. The molecule has 0 bridgehead atoms. The van der Waals surface area contributed by atoms with Crippen LogP contribution in [-0.2, 0) is 13.7 Å². The zero-order valence-corrected chi connectivity index (χ0v) is 9.95. The largest absolute Gasteiger partial charge is 0.275 e. The lowest BCUT2D eigenvalue weighted by molar-refractivity contribution is 0.525. The Kier molecular flexibility index (Phi) is 3.78. The number of benzene rings is 1. The van der Waals surface area contributed by atoms with Gasteiger partial charge >= 0.3 is 0 Å². The zero-order chi connectivity index (χ0) is 9.90. The van der Waals surface area contributed by atoms with E-state index in [0.29, 0.717) is 0 Å². The van der Waals surface area contributed by atoms with Crippen LogP contribution in [0.1, 0.15) is 0 Å². The summed E-state index contributed by atoms with van der Waals surface area (Å²) in [6.07, 6.45) is 1.01. The van der Waals surface area contributed by atoms with E-state index in [1.165, 1.54) is 0 Å². The average molecular weight is 283 g/mol. The molecule has 0 aliphatic rings. The molecule has 13 heavy (non-hydrogen) atoms. The smallest absolute Gasteiger partial charge is 0.199 e.